The topological polar surface area (TPSA) is 73.9 Å². The molecule has 0 radical (unpaired) electrons. The Hall–Kier alpha value is -1.43. The van der Waals surface area contributed by atoms with Crippen LogP contribution in [0, 0.1) is 0 Å². The highest BCUT2D eigenvalue weighted by Gasteiger charge is 2.07. The van der Waals surface area contributed by atoms with Gasteiger partial charge in [-0.3, -0.25) is 4.79 Å². The standard InChI is InChI=1S/C8H15N5O/c1-3-13(2)5-4-9-8(14)7-6-10-12-11-7/h6H,3-5H2,1-2H3,(H,9,14)(H,10,11,12). The van der Waals surface area contributed by atoms with E-state index < -0.39 is 0 Å². The van der Waals surface area contributed by atoms with E-state index in [0.717, 1.165) is 13.1 Å². The van der Waals surface area contributed by atoms with Crippen molar-refractivity contribution in [2.24, 2.45) is 0 Å². The average molecular weight is 197 g/mol. The maximum atomic E-state index is 11.3. The number of nitrogens with one attached hydrogen (secondary N) is 2. The second kappa shape index (κ2) is 5.33. The van der Waals surface area contributed by atoms with Gasteiger partial charge in [0.25, 0.3) is 5.91 Å². The Labute approximate surface area is 82.7 Å². The molecular formula is C8H15N5O. The first-order chi connectivity index (χ1) is 6.74. The van der Waals surface area contributed by atoms with Crippen LogP contribution in [-0.4, -0.2) is 52.9 Å². The van der Waals surface area contributed by atoms with E-state index in [0.29, 0.717) is 12.2 Å². The number of hydrogen-bond acceptors (Lipinski definition) is 4. The first-order valence-electron chi connectivity index (χ1n) is 4.56. The van der Waals surface area contributed by atoms with Gasteiger partial charge in [-0.25, -0.2) is 0 Å². The maximum Gasteiger partial charge on any atom is 0.273 e. The van der Waals surface area contributed by atoms with Gasteiger partial charge in [-0.05, 0) is 13.6 Å². The van der Waals surface area contributed by atoms with Crippen LogP contribution in [-0.2, 0) is 0 Å². The van der Waals surface area contributed by atoms with E-state index in [1.54, 1.807) is 0 Å². The predicted molar refractivity (Wildman–Crippen MR) is 51.9 cm³/mol. The zero-order valence-electron chi connectivity index (χ0n) is 8.45. The van der Waals surface area contributed by atoms with E-state index in [-0.39, 0.29) is 5.91 Å². The lowest BCUT2D eigenvalue weighted by Gasteiger charge is -2.13. The lowest BCUT2D eigenvalue weighted by Crippen LogP contribution is -2.33. The van der Waals surface area contributed by atoms with Crippen LogP contribution in [0.2, 0.25) is 0 Å². The molecule has 0 fully saturated rings. The van der Waals surface area contributed by atoms with Gasteiger partial charge >= 0.3 is 0 Å². The zero-order chi connectivity index (χ0) is 10.4. The minimum absolute atomic E-state index is 0.191. The van der Waals surface area contributed by atoms with E-state index in [2.05, 4.69) is 32.6 Å². The molecule has 1 rings (SSSR count). The van der Waals surface area contributed by atoms with Gasteiger partial charge in [0, 0.05) is 13.1 Å². The summed E-state index contributed by atoms with van der Waals surface area (Å²) in [6.07, 6.45) is 1.40. The summed E-state index contributed by atoms with van der Waals surface area (Å²) in [6.45, 7) is 4.50. The minimum atomic E-state index is -0.191. The van der Waals surface area contributed by atoms with Crippen molar-refractivity contribution in [3.63, 3.8) is 0 Å². The van der Waals surface area contributed by atoms with E-state index in [1.807, 2.05) is 7.05 Å². The number of hydrogen-bond donors (Lipinski definition) is 2. The molecule has 0 saturated carbocycles. The molecule has 1 heterocycles. The fourth-order valence-electron chi connectivity index (χ4n) is 0.920. The zero-order valence-corrected chi connectivity index (χ0v) is 8.45. The van der Waals surface area contributed by atoms with Gasteiger partial charge in [0.2, 0.25) is 0 Å². The van der Waals surface area contributed by atoms with Crippen molar-refractivity contribution in [2.75, 3.05) is 26.7 Å². The molecule has 6 nitrogen and oxygen atoms in total. The van der Waals surface area contributed by atoms with Gasteiger partial charge in [0.05, 0.1) is 6.20 Å². The first kappa shape index (κ1) is 10.6. The molecule has 1 amide bonds. The largest absolute Gasteiger partial charge is 0.349 e. The Kier molecular flexibility index (Phi) is 4.06. The molecule has 0 aromatic carbocycles. The summed E-state index contributed by atoms with van der Waals surface area (Å²) >= 11 is 0. The number of likely N-dealkylation sites (N-methyl/N-ethyl adjacent to an activating group) is 1. The third-order valence-corrected chi connectivity index (χ3v) is 1.97. The second-order valence-corrected chi connectivity index (χ2v) is 3.01. The van der Waals surface area contributed by atoms with Gasteiger partial charge < -0.3 is 10.2 Å². The van der Waals surface area contributed by atoms with E-state index in [4.69, 9.17) is 0 Å². The van der Waals surface area contributed by atoms with Crippen LogP contribution in [0.15, 0.2) is 6.20 Å². The normalized spacial score (nSPS) is 10.5. The van der Waals surface area contributed by atoms with Crippen LogP contribution in [0.3, 0.4) is 0 Å². The minimum Gasteiger partial charge on any atom is -0.349 e. The molecular weight excluding hydrogens is 182 g/mol. The molecule has 6 heteroatoms. The Morgan fingerprint density at radius 2 is 2.50 bits per heavy atom. The maximum absolute atomic E-state index is 11.3. The molecule has 0 saturated heterocycles. The SMILES string of the molecule is CCN(C)CCNC(=O)c1cn[nH]n1. The molecule has 0 unspecified atom stereocenters. The number of carbonyl (C=O) groups is 1. The van der Waals surface area contributed by atoms with Crippen LogP contribution in [0.5, 0.6) is 0 Å². The molecule has 0 spiro atoms. The summed E-state index contributed by atoms with van der Waals surface area (Å²) < 4.78 is 0. The van der Waals surface area contributed by atoms with Crippen molar-refractivity contribution < 1.29 is 4.79 Å². The molecule has 78 valence electrons. The van der Waals surface area contributed by atoms with Gasteiger partial charge in [-0.2, -0.15) is 15.4 Å². The first-order valence-corrected chi connectivity index (χ1v) is 4.56. The van der Waals surface area contributed by atoms with Gasteiger partial charge in [0.15, 0.2) is 5.69 Å². The molecule has 1 aromatic rings. The summed E-state index contributed by atoms with van der Waals surface area (Å²) in [4.78, 5) is 13.4. The molecule has 0 atom stereocenters. The number of H-pyrrole nitrogens is 1. The highest BCUT2D eigenvalue weighted by Crippen LogP contribution is 1.87. The highest BCUT2D eigenvalue weighted by atomic mass is 16.1. The smallest absolute Gasteiger partial charge is 0.273 e. The van der Waals surface area contributed by atoms with Gasteiger partial charge in [-0.15, -0.1) is 0 Å². The van der Waals surface area contributed by atoms with E-state index in [9.17, 15) is 4.79 Å². The number of aromatic amines is 1. The van der Waals surface area contributed by atoms with Crippen molar-refractivity contribution in [3.05, 3.63) is 11.9 Å². The molecule has 0 bridgehead atoms. The van der Waals surface area contributed by atoms with Crippen molar-refractivity contribution in [1.29, 1.82) is 0 Å². The van der Waals surface area contributed by atoms with Crippen LogP contribution in [0.4, 0.5) is 0 Å². The predicted octanol–water partition coefficient (Wildman–Crippen LogP) is -0.514. The summed E-state index contributed by atoms with van der Waals surface area (Å²) in [5, 5.41) is 12.4. The monoisotopic (exact) mass is 197 g/mol. The number of rotatable bonds is 5. The highest BCUT2D eigenvalue weighted by molar-refractivity contribution is 5.91. The van der Waals surface area contributed by atoms with Crippen molar-refractivity contribution in [3.8, 4) is 0 Å². The van der Waals surface area contributed by atoms with E-state index in [1.165, 1.54) is 6.20 Å². The number of aromatic nitrogens is 3. The third kappa shape index (κ3) is 3.14. The lowest BCUT2D eigenvalue weighted by atomic mass is 10.4. The average Bonchev–Trinajstić information content (AvgIpc) is 2.70. The quantitative estimate of drug-likeness (QED) is 0.666. The summed E-state index contributed by atoms with van der Waals surface area (Å²) in [6, 6.07) is 0. The van der Waals surface area contributed by atoms with Crippen LogP contribution < -0.4 is 5.32 Å². The molecule has 0 aliphatic rings. The molecule has 14 heavy (non-hydrogen) atoms. The van der Waals surface area contributed by atoms with Crippen LogP contribution in [0.25, 0.3) is 0 Å². The second-order valence-electron chi connectivity index (χ2n) is 3.01. The molecule has 0 aliphatic carbocycles. The fraction of sp³-hybridized carbons (Fsp3) is 0.625. The van der Waals surface area contributed by atoms with Crippen molar-refractivity contribution in [2.45, 2.75) is 6.92 Å². The number of nitrogens with zero attached hydrogens (tertiary/aromatic N) is 3. The Morgan fingerprint density at radius 3 is 3.07 bits per heavy atom. The van der Waals surface area contributed by atoms with E-state index >= 15 is 0 Å². The third-order valence-electron chi connectivity index (χ3n) is 1.97. The number of carbonyl (C=O) groups excluding carboxylic acids is 1. The Bertz CT molecular complexity index is 271. The van der Waals surface area contributed by atoms with Crippen LogP contribution >= 0.6 is 0 Å². The molecule has 0 aliphatic heterocycles. The van der Waals surface area contributed by atoms with Crippen molar-refractivity contribution >= 4 is 5.91 Å². The summed E-state index contributed by atoms with van der Waals surface area (Å²) in [5.41, 5.74) is 0.323. The van der Waals surface area contributed by atoms with Gasteiger partial charge in [0.1, 0.15) is 0 Å². The Balaban J connectivity index is 2.23. The van der Waals surface area contributed by atoms with Crippen LogP contribution in [0.1, 0.15) is 17.4 Å². The lowest BCUT2D eigenvalue weighted by molar-refractivity contribution is 0.0945. The van der Waals surface area contributed by atoms with Crippen molar-refractivity contribution in [1.82, 2.24) is 25.6 Å². The molecule has 2 N–H and O–H groups in total. The summed E-state index contributed by atoms with van der Waals surface area (Å²) in [5.74, 6) is -0.191. The number of amides is 1. The Morgan fingerprint density at radius 1 is 1.71 bits per heavy atom. The fourth-order valence-corrected chi connectivity index (χ4v) is 0.920. The van der Waals surface area contributed by atoms with Gasteiger partial charge in [-0.1, -0.05) is 6.92 Å². The molecule has 1 aromatic heterocycles. The summed E-state index contributed by atoms with van der Waals surface area (Å²) in [7, 11) is 2.00.